The fraction of sp³-hybridized carbons (Fsp3) is 0.133. The monoisotopic (exact) mass is 260 g/mol. The minimum atomic E-state index is -0.507. The number of hydrogen-bond donors (Lipinski definition) is 0. The molecule has 98 valence electrons. The number of benzene rings is 2. The molecule has 0 spiro atoms. The molecule has 0 aromatic heterocycles. The summed E-state index contributed by atoms with van der Waals surface area (Å²) in [6.45, 7) is 0.472. The van der Waals surface area contributed by atoms with Crippen molar-refractivity contribution >= 4 is 6.29 Å². The molecule has 0 aliphatic carbocycles. The van der Waals surface area contributed by atoms with Crippen LogP contribution in [0.3, 0.4) is 0 Å². The molecule has 2 aromatic carbocycles. The maximum Gasteiger partial charge on any atom is 0.150 e. The first-order chi connectivity index (χ1) is 9.21. The maximum absolute atomic E-state index is 13.3. The van der Waals surface area contributed by atoms with E-state index < -0.39 is 5.82 Å². The number of carbonyl (C=O) groups excluding carboxylic acids is 1. The van der Waals surface area contributed by atoms with Crippen molar-refractivity contribution in [2.24, 2.45) is 0 Å². The lowest BCUT2D eigenvalue weighted by Crippen LogP contribution is -1.91. The fourth-order valence-electron chi connectivity index (χ4n) is 1.71. The normalized spacial score (nSPS) is 10.2. The highest BCUT2D eigenvalue weighted by Crippen LogP contribution is 2.24. The molecule has 0 unspecified atom stereocenters. The van der Waals surface area contributed by atoms with Gasteiger partial charge >= 0.3 is 0 Å². The summed E-state index contributed by atoms with van der Waals surface area (Å²) in [5.74, 6) is 0.348. The number of ether oxygens (including phenoxy) is 2. The molecule has 0 saturated carbocycles. The zero-order valence-corrected chi connectivity index (χ0v) is 10.4. The van der Waals surface area contributed by atoms with Crippen LogP contribution in [0, 0.1) is 5.82 Å². The summed E-state index contributed by atoms with van der Waals surface area (Å²) in [5.41, 5.74) is 1.19. The number of methoxy groups -OCH3 is 1. The van der Waals surface area contributed by atoms with Crippen LogP contribution >= 0.6 is 0 Å². The minimum Gasteiger partial charge on any atom is -0.457 e. The van der Waals surface area contributed by atoms with Gasteiger partial charge in [-0.2, -0.15) is 0 Å². The summed E-state index contributed by atoms with van der Waals surface area (Å²) in [4.78, 5) is 10.7. The van der Waals surface area contributed by atoms with Gasteiger partial charge in [-0.1, -0.05) is 12.1 Å². The first-order valence-electron chi connectivity index (χ1n) is 5.73. The summed E-state index contributed by atoms with van der Waals surface area (Å²) in [6.07, 6.45) is 0.581. The van der Waals surface area contributed by atoms with Crippen LogP contribution in [0.2, 0.25) is 0 Å². The van der Waals surface area contributed by atoms with Crippen LogP contribution in [0.25, 0.3) is 0 Å². The van der Waals surface area contributed by atoms with E-state index in [1.807, 2.05) is 12.1 Å². The molecule has 0 aliphatic rings. The van der Waals surface area contributed by atoms with E-state index in [1.54, 1.807) is 19.2 Å². The molecule has 19 heavy (non-hydrogen) atoms. The van der Waals surface area contributed by atoms with Crippen molar-refractivity contribution in [2.45, 2.75) is 6.61 Å². The summed E-state index contributed by atoms with van der Waals surface area (Å²) < 4.78 is 23.8. The van der Waals surface area contributed by atoms with Gasteiger partial charge in [-0.15, -0.1) is 0 Å². The molecule has 0 radical (unpaired) electrons. The molecule has 0 heterocycles. The Morgan fingerprint density at radius 3 is 2.74 bits per heavy atom. The average Bonchev–Trinajstić information content (AvgIpc) is 2.39. The second kappa shape index (κ2) is 6.11. The largest absolute Gasteiger partial charge is 0.457 e. The van der Waals surface area contributed by atoms with Crippen molar-refractivity contribution in [2.75, 3.05) is 7.11 Å². The van der Waals surface area contributed by atoms with Crippen LogP contribution in [-0.2, 0) is 11.3 Å². The Balaban J connectivity index is 2.22. The highest BCUT2D eigenvalue weighted by molar-refractivity contribution is 5.75. The van der Waals surface area contributed by atoms with Gasteiger partial charge in [0.25, 0.3) is 0 Å². The minimum absolute atomic E-state index is 0.239. The van der Waals surface area contributed by atoms with E-state index >= 15 is 0 Å². The third-order valence-electron chi connectivity index (χ3n) is 2.47. The van der Waals surface area contributed by atoms with Crippen LogP contribution in [-0.4, -0.2) is 13.4 Å². The van der Waals surface area contributed by atoms with Crippen LogP contribution < -0.4 is 4.74 Å². The standard InChI is InChI=1S/C15H13FO3/c1-18-10-11-3-2-4-14(6-11)19-15-7-12(9-17)5-13(16)8-15/h2-9H,10H2,1H3. The van der Waals surface area contributed by atoms with Gasteiger partial charge in [0.1, 0.15) is 23.6 Å². The van der Waals surface area contributed by atoms with E-state index in [0.717, 1.165) is 11.6 Å². The van der Waals surface area contributed by atoms with Crippen LogP contribution in [0.5, 0.6) is 11.5 Å². The highest BCUT2D eigenvalue weighted by atomic mass is 19.1. The molecule has 0 fully saturated rings. The van der Waals surface area contributed by atoms with Gasteiger partial charge in [0, 0.05) is 18.7 Å². The van der Waals surface area contributed by atoms with Crippen molar-refractivity contribution in [3.05, 3.63) is 59.4 Å². The zero-order chi connectivity index (χ0) is 13.7. The Morgan fingerprint density at radius 2 is 2.00 bits per heavy atom. The van der Waals surface area contributed by atoms with Crippen molar-refractivity contribution in [1.82, 2.24) is 0 Å². The highest BCUT2D eigenvalue weighted by Gasteiger charge is 2.03. The molecule has 0 aliphatic heterocycles. The third-order valence-corrected chi connectivity index (χ3v) is 2.47. The molecule has 0 atom stereocenters. The van der Waals surface area contributed by atoms with Gasteiger partial charge in [-0.3, -0.25) is 4.79 Å². The van der Waals surface area contributed by atoms with Crippen molar-refractivity contribution in [1.29, 1.82) is 0 Å². The zero-order valence-electron chi connectivity index (χ0n) is 10.4. The Morgan fingerprint density at radius 1 is 1.16 bits per heavy atom. The predicted molar refractivity (Wildman–Crippen MR) is 69.0 cm³/mol. The van der Waals surface area contributed by atoms with Gasteiger partial charge in [0.05, 0.1) is 6.61 Å². The van der Waals surface area contributed by atoms with E-state index in [0.29, 0.717) is 18.6 Å². The molecular weight excluding hydrogens is 247 g/mol. The summed E-state index contributed by atoms with van der Waals surface area (Å²) in [7, 11) is 1.61. The van der Waals surface area contributed by atoms with E-state index in [1.165, 1.54) is 12.1 Å². The van der Waals surface area contributed by atoms with Gasteiger partial charge in [0.2, 0.25) is 0 Å². The molecule has 2 rings (SSSR count). The first kappa shape index (κ1) is 13.2. The quantitative estimate of drug-likeness (QED) is 0.771. The van der Waals surface area contributed by atoms with E-state index in [2.05, 4.69) is 0 Å². The molecule has 4 heteroatoms. The summed E-state index contributed by atoms with van der Waals surface area (Å²) in [6, 6.07) is 11.2. The topological polar surface area (TPSA) is 35.5 Å². The Bertz CT molecular complexity index is 581. The van der Waals surface area contributed by atoms with Gasteiger partial charge in [-0.25, -0.2) is 4.39 Å². The summed E-state index contributed by atoms with van der Waals surface area (Å²) in [5, 5.41) is 0. The van der Waals surface area contributed by atoms with Crippen molar-refractivity contribution in [3.63, 3.8) is 0 Å². The van der Waals surface area contributed by atoms with Gasteiger partial charge < -0.3 is 9.47 Å². The summed E-state index contributed by atoms with van der Waals surface area (Å²) >= 11 is 0. The van der Waals surface area contributed by atoms with Crippen molar-refractivity contribution in [3.8, 4) is 11.5 Å². The molecule has 3 nitrogen and oxygen atoms in total. The Labute approximate surface area is 110 Å². The fourth-order valence-corrected chi connectivity index (χ4v) is 1.71. The van der Waals surface area contributed by atoms with E-state index in [4.69, 9.17) is 9.47 Å². The lowest BCUT2D eigenvalue weighted by atomic mass is 10.2. The van der Waals surface area contributed by atoms with Gasteiger partial charge in [0.15, 0.2) is 0 Å². The average molecular weight is 260 g/mol. The van der Waals surface area contributed by atoms with Crippen molar-refractivity contribution < 1.29 is 18.7 Å². The number of hydrogen-bond acceptors (Lipinski definition) is 3. The predicted octanol–water partition coefficient (Wildman–Crippen LogP) is 3.58. The van der Waals surface area contributed by atoms with Crippen LogP contribution in [0.4, 0.5) is 4.39 Å². The smallest absolute Gasteiger partial charge is 0.150 e. The number of aldehydes is 1. The molecular formula is C15H13FO3. The molecule has 0 saturated heterocycles. The Hall–Kier alpha value is -2.20. The molecule has 0 N–H and O–H groups in total. The Kier molecular flexibility index (Phi) is 4.26. The van der Waals surface area contributed by atoms with Gasteiger partial charge in [-0.05, 0) is 29.8 Å². The number of carbonyl (C=O) groups is 1. The lowest BCUT2D eigenvalue weighted by molar-refractivity contribution is 0.112. The second-order valence-corrected chi connectivity index (χ2v) is 4.02. The van der Waals surface area contributed by atoms with E-state index in [9.17, 15) is 9.18 Å². The van der Waals surface area contributed by atoms with E-state index in [-0.39, 0.29) is 11.3 Å². The SMILES string of the molecule is COCc1cccc(Oc2cc(F)cc(C=O)c2)c1. The maximum atomic E-state index is 13.3. The molecule has 0 amide bonds. The molecule has 2 aromatic rings. The second-order valence-electron chi connectivity index (χ2n) is 4.02. The number of halogens is 1. The lowest BCUT2D eigenvalue weighted by Gasteiger charge is -2.08. The first-order valence-corrected chi connectivity index (χ1v) is 5.73. The third kappa shape index (κ3) is 3.63. The van der Waals surface area contributed by atoms with Crippen LogP contribution in [0.1, 0.15) is 15.9 Å². The number of rotatable bonds is 5. The van der Waals surface area contributed by atoms with Crippen LogP contribution in [0.15, 0.2) is 42.5 Å². The molecule has 0 bridgehead atoms.